The molecular weight excluding hydrogens is 188 g/mol. The van der Waals surface area contributed by atoms with Gasteiger partial charge in [-0.05, 0) is 18.6 Å². The largest absolute Gasteiger partial charge is 0.380 e. The lowest BCUT2D eigenvalue weighted by Gasteiger charge is -2.10. The predicted octanol–water partition coefficient (Wildman–Crippen LogP) is 2.20. The Balaban J connectivity index is 2.27. The van der Waals surface area contributed by atoms with Gasteiger partial charge in [0.1, 0.15) is 0 Å². The Morgan fingerprint density at radius 3 is 3.00 bits per heavy atom. The van der Waals surface area contributed by atoms with E-state index in [0.29, 0.717) is 13.2 Å². The van der Waals surface area contributed by atoms with E-state index in [0.717, 1.165) is 11.1 Å². The zero-order chi connectivity index (χ0) is 10.7. The molecule has 0 bridgehead atoms. The molecule has 3 nitrogen and oxygen atoms in total. The lowest BCUT2D eigenvalue weighted by atomic mass is 10.1. The van der Waals surface area contributed by atoms with E-state index in [-0.39, 0.29) is 6.04 Å². The van der Waals surface area contributed by atoms with E-state index >= 15 is 0 Å². The molecule has 0 aliphatic heterocycles. The van der Waals surface area contributed by atoms with Crippen LogP contribution in [0.2, 0.25) is 0 Å². The van der Waals surface area contributed by atoms with Crippen molar-refractivity contribution in [2.75, 3.05) is 13.2 Å². The van der Waals surface area contributed by atoms with E-state index in [1.807, 2.05) is 31.3 Å². The summed E-state index contributed by atoms with van der Waals surface area (Å²) in [4.78, 5) is 3.21. The summed E-state index contributed by atoms with van der Waals surface area (Å²) in [6.45, 7) is 3.25. The lowest BCUT2D eigenvalue weighted by molar-refractivity contribution is 0.134. The number of benzene rings is 1. The zero-order valence-electron chi connectivity index (χ0n) is 8.86. The Labute approximate surface area is 89.2 Å². The highest BCUT2D eigenvalue weighted by molar-refractivity contribution is 5.83. The van der Waals surface area contributed by atoms with Gasteiger partial charge in [-0.3, -0.25) is 0 Å². The standard InChI is InChI=1S/C12H16N2O/c1-2-15-8-11(13)10-7-14-12-6-4-3-5-9(10)12/h3-7,11,14H,2,8,13H2,1H3. The van der Waals surface area contributed by atoms with Gasteiger partial charge in [-0.25, -0.2) is 0 Å². The minimum Gasteiger partial charge on any atom is -0.380 e. The van der Waals surface area contributed by atoms with Crippen molar-refractivity contribution in [1.29, 1.82) is 0 Å². The number of nitrogens with one attached hydrogen (secondary N) is 1. The highest BCUT2D eigenvalue weighted by Gasteiger charge is 2.10. The molecular formula is C12H16N2O. The maximum absolute atomic E-state index is 6.05. The quantitative estimate of drug-likeness (QED) is 0.802. The number of H-pyrrole nitrogens is 1. The third-order valence-corrected chi connectivity index (χ3v) is 2.52. The van der Waals surface area contributed by atoms with Crippen molar-refractivity contribution < 1.29 is 4.74 Å². The van der Waals surface area contributed by atoms with Crippen LogP contribution in [0.25, 0.3) is 10.9 Å². The molecule has 0 saturated carbocycles. The Morgan fingerprint density at radius 2 is 2.20 bits per heavy atom. The van der Waals surface area contributed by atoms with Gasteiger partial charge in [-0.2, -0.15) is 0 Å². The molecule has 15 heavy (non-hydrogen) atoms. The Kier molecular flexibility index (Phi) is 3.04. The first kappa shape index (κ1) is 10.2. The van der Waals surface area contributed by atoms with Gasteiger partial charge in [0, 0.05) is 23.7 Å². The predicted molar refractivity (Wildman–Crippen MR) is 61.7 cm³/mol. The number of aromatic amines is 1. The first-order valence-electron chi connectivity index (χ1n) is 5.22. The van der Waals surface area contributed by atoms with Crippen LogP contribution in [0.5, 0.6) is 0 Å². The van der Waals surface area contributed by atoms with Gasteiger partial charge in [-0.15, -0.1) is 0 Å². The van der Waals surface area contributed by atoms with Crippen molar-refractivity contribution in [1.82, 2.24) is 4.98 Å². The summed E-state index contributed by atoms with van der Waals surface area (Å²) in [7, 11) is 0. The fourth-order valence-electron chi connectivity index (χ4n) is 1.74. The van der Waals surface area contributed by atoms with Crippen LogP contribution in [-0.2, 0) is 4.74 Å². The normalized spacial score (nSPS) is 13.2. The van der Waals surface area contributed by atoms with Crippen molar-refractivity contribution in [2.45, 2.75) is 13.0 Å². The molecule has 0 fully saturated rings. The summed E-state index contributed by atoms with van der Waals surface area (Å²) in [5.74, 6) is 0. The molecule has 2 aromatic rings. The van der Waals surface area contributed by atoms with Crippen LogP contribution in [0.1, 0.15) is 18.5 Å². The van der Waals surface area contributed by atoms with Gasteiger partial charge in [0.25, 0.3) is 0 Å². The topological polar surface area (TPSA) is 51.0 Å². The monoisotopic (exact) mass is 204 g/mol. The Hall–Kier alpha value is -1.32. The summed E-state index contributed by atoms with van der Waals surface area (Å²) in [6, 6.07) is 8.10. The first-order chi connectivity index (χ1) is 7.33. The molecule has 0 radical (unpaired) electrons. The van der Waals surface area contributed by atoms with Crippen molar-refractivity contribution in [3.8, 4) is 0 Å². The third-order valence-electron chi connectivity index (χ3n) is 2.52. The number of hydrogen-bond donors (Lipinski definition) is 2. The lowest BCUT2D eigenvalue weighted by Crippen LogP contribution is -2.16. The maximum atomic E-state index is 6.05. The molecule has 0 aliphatic carbocycles. The van der Waals surface area contributed by atoms with E-state index in [1.165, 1.54) is 5.39 Å². The SMILES string of the molecule is CCOCC(N)c1c[nH]c2ccccc12. The van der Waals surface area contributed by atoms with Crippen LogP contribution in [0.15, 0.2) is 30.5 Å². The van der Waals surface area contributed by atoms with E-state index in [9.17, 15) is 0 Å². The fraction of sp³-hybridized carbons (Fsp3) is 0.333. The third kappa shape index (κ3) is 2.03. The number of nitrogens with two attached hydrogens (primary N) is 1. The molecule has 3 heteroatoms. The Morgan fingerprint density at radius 1 is 1.40 bits per heavy atom. The molecule has 80 valence electrons. The maximum Gasteiger partial charge on any atom is 0.0660 e. The van der Waals surface area contributed by atoms with Crippen molar-refractivity contribution in [2.24, 2.45) is 5.73 Å². The van der Waals surface area contributed by atoms with Crippen LogP contribution in [0.4, 0.5) is 0 Å². The van der Waals surface area contributed by atoms with Gasteiger partial charge in [0.2, 0.25) is 0 Å². The summed E-state index contributed by atoms with van der Waals surface area (Å²) in [6.07, 6.45) is 1.97. The Bertz CT molecular complexity index is 436. The second kappa shape index (κ2) is 4.47. The molecule has 0 aliphatic rings. The van der Waals surface area contributed by atoms with Crippen LogP contribution < -0.4 is 5.73 Å². The molecule has 0 saturated heterocycles. The number of aromatic nitrogens is 1. The number of fused-ring (bicyclic) bond motifs is 1. The highest BCUT2D eigenvalue weighted by atomic mass is 16.5. The zero-order valence-corrected chi connectivity index (χ0v) is 8.86. The molecule has 1 aromatic carbocycles. The summed E-state index contributed by atoms with van der Waals surface area (Å²) in [5, 5.41) is 1.18. The van der Waals surface area contributed by atoms with Gasteiger partial charge in [0.15, 0.2) is 0 Å². The fourth-order valence-corrected chi connectivity index (χ4v) is 1.74. The van der Waals surface area contributed by atoms with E-state index in [4.69, 9.17) is 10.5 Å². The highest BCUT2D eigenvalue weighted by Crippen LogP contribution is 2.22. The molecule has 0 amide bonds. The van der Waals surface area contributed by atoms with Gasteiger partial charge >= 0.3 is 0 Å². The molecule has 1 atom stereocenters. The van der Waals surface area contributed by atoms with Gasteiger partial charge < -0.3 is 15.5 Å². The number of rotatable bonds is 4. The minimum absolute atomic E-state index is 0.0545. The smallest absolute Gasteiger partial charge is 0.0660 e. The average molecular weight is 204 g/mol. The number of para-hydroxylation sites is 1. The molecule has 0 spiro atoms. The van der Waals surface area contributed by atoms with Crippen molar-refractivity contribution in [3.05, 3.63) is 36.0 Å². The molecule has 1 aromatic heterocycles. The van der Waals surface area contributed by atoms with E-state index in [1.54, 1.807) is 0 Å². The van der Waals surface area contributed by atoms with Gasteiger partial charge in [-0.1, -0.05) is 18.2 Å². The van der Waals surface area contributed by atoms with Crippen LogP contribution in [-0.4, -0.2) is 18.2 Å². The van der Waals surface area contributed by atoms with Gasteiger partial charge in [0.05, 0.1) is 12.6 Å². The summed E-state index contributed by atoms with van der Waals surface area (Å²) < 4.78 is 5.33. The first-order valence-corrected chi connectivity index (χ1v) is 5.22. The summed E-state index contributed by atoms with van der Waals surface area (Å²) >= 11 is 0. The van der Waals surface area contributed by atoms with Crippen molar-refractivity contribution in [3.63, 3.8) is 0 Å². The van der Waals surface area contributed by atoms with Crippen LogP contribution in [0, 0.1) is 0 Å². The minimum atomic E-state index is -0.0545. The number of ether oxygens (including phenoxy) is 1. The van der Waals surface area contributed by atoms with Crippen LogP contribution >= 0.6 is 0 Å². The second-order valence-electron chi connectivity index (χ2n) is 3.56. The second-order valence-corrected chi connectivity index (χ2v) is 3.56. The van der Waals surface area contributed by atoms with Crippen LogP contribution in [0.3, 0.4) is 0 Å². The molecule has 1 heterocycles. The van der Waals surface area contributed by atoms with E-state index < -0.39 is 0 Å². The molecule has 3 N–H and O–H groups in total. The number of hydrogen-bond acceptors (Lipinski definition) is 2. The molecule has 1 unspecified atom stereocenters. The van der Waals surface area contributed by atoms with Crippen molar-refractivity contribution >= 4 is 10.9 Å². The molecule has 2 rings (SSSR count). The summed E-state index contributed by atoms with van der Waals surface area (Å²) in [5.41, 5.74) is 8.30. The average Bonchev–Trinajstić information content (AvgIpc) is 2.69. The van der Waals surface area contributed by atoms with E-state index in [2.05, 4.69) is 11.1 Å².